The lowest BCUT2D eigenvalue weighted by Gasteiger charge is -2.21. The second-order valence-corrected chi connectivity index (χ2v) is 5.42. The number of nitro benzene ring substituents is 1. The molecule has 1 amide bonds. The number of phenols is 1. The molecule has 2 aromatic rings. The Hall–Kier alpha value is -3.42. The van der Waals surface area contributed by atoms with Crippen molar-refractivity contribution in [1.82, 2.24) is 5.43 Å². The zero-order valence-electron chi connectivity index (χ0n) is 14.5. The fourth-order valence-corrected chi connectivity index (χ4v) is 2.41. The van der Waals surface area contributed by atoms with Crippen LogP contribution in [0.2, 0.25) is 0 Å². The first-order valence-electron chi connectivity index (χ1n) is 8.12. The van der Waals surface area contributed by atoms with Crippen molar-refractivity contribution in [1.29, 1.82) is 0 Å². The van der Waals surface area contributed by atoms with Crippen LogP contribution in [0.25, 0.3) is 0 Å². The summed E-state index contributed by atoms with van der Waals surface area (Å²) in [6.07, 6.45) is 1.32. The molecule has 0 spiro atoms. The molecule has 0 fully saturated rings. The lowest BCUT2D eigenvalue weighted by atomic mass is 10.2. The zero-order chi connectivity index (χ0) is 19.1. The summed E-state index contributed by atoms with van der Waals surface area (Å²) < 4.78 is 0. The van der Waals surface area contributed by atoms with Crippen molar-refractivity contribution in [2.24, 2.45) is 5.10 Å². The summed E-state index contributed by atoms with van der Waals surface area (Å²) in [6.45, 7) is 5.70. The van der Waals surface area contributed by atoms with Crippen LogP contribution in [0.4, 0.5) is 11.4 Å². The van der Waals surface area contributed by atoms with Crippen LogP contribution in [0.1, 0.15) is 29.8 Å². The molecular formula is C18H20N4O4. The van der Waals surface area contributed by atoms with Crippen molar-refractivity contribution < 1.29 is 14.8 Å². The predicted molar refractivity (Wildman–Crippen MR) is 99.8 cm³/mol. The van der Waals surface area contributed by atoms with E-state index in [-0.39, 0.29) is 17.0 Å². The minimum atomic E-state index is -0.579. The highest BCUT2D eigenvalue weighted by Gasteiger charge is 2.11. The summed E-state index contributed by atoms with van der Waals surface area (Å²) in [4.78, 5) is 24.3. The predicted octanol–water partition coefficient (Wildman–Crippen LogP) is 2.91. The van der Waals surface area contributed by atoms with E-state index < -0.39 is 10.8 Å². The molecule has 0 aliphatic rings. The maximum atomic E-state index is 12.0. The summed E-state index contributed by atoms with van der Waals surface area (Å²) in [6, 6.07) is 10.5. The number of rotatable bonds is 7. The van der Waals surface area contributed by atoms with Crippen LogP contribution in [0.3, 0.4) is 0 Å². The van der Waals surface area contributed by atoms with Gasteiger partial charge in [0.15, 0.2) is 0 Å². The number of phenolic OH excluding ortho intramolecular Hbond substituents is 1. The molecular weight excluding hydrogens is 336 g/mol. The quantitative estimate of drug-likeness (QED) is 0.450. The Bertz CT molecular complexity index is 832. The topological polar surface area (TPSA) is 108 Å². The van der Waals surface area contributed by atoms with Gasteiger partial charge in [-0.3, -0.25) is 14.9 Å². The molecule has 0 bridgehead atoms. The minimum Gasteiger partial charge on any atom is -0.507 e. The molecule has 2 aromatic carbocycles. The molecule has 2 rings (SSSR count). The number of nitrogens with zero attached hydrogens (tertiary/aromatic N) is 3. The number of amides is 1. The van der Waals surface area contributed by atoms with E-state index in [9.17, 15) is 20.0 Å². The van der Waals surface area contributed by atoms with Crippen LogP contribution in [-0.4, -0.2) is 35.2 Å². The van der Waals surface area contributed by atoms with Crippen molar-refractivity contribution in [2.75, 3.05) is 18.0 Å². The molecule has 136 valence electrons. The molecule has 0 saturated heterocycles. The van der Waals surface area contributed by atoms with Crippen molar-refractivity contribution in [2.45, 2.75) is 13.8 Å². The molecule has 8 heteroatoms. The monoisotopic (exact) mass is 356 g/mol. The van der Waals surface area contributed by atoms with Gasteiger partial charge in [0.25, 0.3) is 11.6 Å². The van der Waals surface area contributed by atoms with Crippen LogP contribution in [0, 0.1) is 10.1 Å². The lowest BCUT2D eigenvalue weighted by molar-refractivity contribution is -0.384. The molecule has 0 heterocycles. The Labute approximate surface area is 150 Å². The lowest BCUT2D eigenvalue weighted by Crippen LogP contribution is -2.21. The Morgan fingerprint density at radius 2 is 2.00 bits per heavy atom. The highest BCUT2D eigenvalue weighted by molar-refractivity contribution is 5.95. The standard InChI is InChI=1S/C18H20N4O4/c1-3-21(4-2)15-9-8-14(17(23)11-15)12-19-20-18(24)13-6-5-7-16(10-13)22(25)26/h5-12,23H,3-4H2,1-2H3,(H,20,24). The van der Waals surface area contributed by atoms with Crippen LogP contribution in [0.15, 0.2) is 47.6 Å². The average Bonchev–Trinajstić information content (AvgIpc) is 2.64. The van der Waals surface area contributed by atoms with Gasteiger partial charge >= 0.3 is 0 Å². The number of carbonyl (C=O) groups is 1. The average molecular weight is 356 g/mol. The van der Waals surface area contributed by atoms with Crippen LogP contribution in [0.5, 0.6) is 5.75 Å². The number of hydrogen-bond acceptors (Lipinski definition) is 6. The molecule has 0 unspecified atom stereocenters. The van der Waals surface area contributed by atoms with Gasteiger partial charge < -0.3 is 10.0 Å². The zero-order valence-corrected chi connectivity index (χ0v) is 14.5. The van der Waals surface area contributed by atoms with Gasteiger partial charge in [0.2, 0.25) is 0 Å². The van der Waals surface area contributed by atoms with Gasteiger partial charge in [-0.05, 0) is 32.0 Å². The second-order valence-electron chi connectivity index (χ2n) is 5.42. The summed E-state index contributed by atoms with van der Waals surface area (Å²) >= 11 is 0. The number of nitrogens with one attached hydrogen (secondary N) is 1. The molecule has 0 aliphatic heterocycles. The van der Waals surface area contributed by atoms with Crippen molar-refractivity contribution in [3.05, 3.63) is 63.7 Å². The van der Waals surface area contributed by atoms with E-state index in [1.165, 1.54) is 30.5 Å². The number of nitro groups is 1. The van der Waals surface area contributed by atoms with Gasteiger partial charge in [0, 0.05) is 48.1 Å². The molecule has 2 N–H and O–H groups in total. The maximum Gasteiger partial charge on any atom is 0.271 e. The van der Waals surface area contributed by atoms with E-state index in [1.54, 1.807) is 12.1 Å². The Balaban J connectivity index is 2.07. The van der Waals surface area contributed by atoms with Crippen molar-refractivity contribution in [3.8, 4) is 5.75 Å². The van der Waals surface area contributed by atoms with Gasteiger partial charge in [0.05, 0.1) is 11.1 Å². The molecule has 0 saturated carbocycles. The third-order valence-electron chi connectivity index (χ3n) is 3.83. The first-order valence-corrected chi connectivity index (χ1v) is 8.12. The smallest absolute Gasteiger partial charge is 0.271 e. The number of aromatic hydroxyl groups is 1. The maximum absolute atomic E-state index is 12.0. The van der Waals surface area contributed by atoms with Crippen molar-refractivity contribution in [3.63, 3.8) is 0 Å². The van der Waals surface area contributed by atoms with E-state index >= 15 is 0 Å². The first-order chi connectivity index (χ1) is 12.5. The summed E-state index contributed by atoms with van der Waals surface area (Å²) in [5, 5.41) is 24.6. The van der Waals surface area contributed by atoms with E-state index in [2.05, 4.69) is 15.4 Å². The van der Waals surface area contributed by atoms with E-state index in [0.29, 0.717) is 5.56 Å². The molecule has 8 nitrogen and oxygen atoms in total. The Kier molecular flexibility index (Phi) is 6.26. The molecule has 0 atom stereocenters. The number of benzene rings is 2. The van der Waals surface area contributed by atoms with E-state index in [4.69, 9.17) is 0 Å². The van der Waals surface area contributed by atoms with Gasteiger partial charge in [-0.2, -0.15) is 5.10 Å². The third-order valence-corrected chi connectivity index (χ3v) is 3.83. The summed E-state index contributed by atoms with van der Waals surface area (Å²) in [5.41, 5.74) is 3.57. The first kappa shape index (κ1) is 18.9. The minimum absolute atomic E-state index is 0.0442. The fourth-order valence-electron chi connectivity index (χ4n) is 2.41. The number of hydrogen-bond donors (Lipinski definition) is 2. The van der Waals surface area contributed by atoms with Gasteiger partial charge in [0.1, 0.15) is 5.75 Å². The third kappa shape index (κ3) is 4.56. The van der Waals surface area contributed by atoms with E-state index in [1.807, 2.05) is 19.9 Å². The SMILES string of the molecule is CCN(CC)c1ccc(C=NNC(=O)c2cccc([N+](=O)[O-])c2)c(O)c1. The van der Waals surface area contributed by atoms with Gasteiger partial charge in [-0.1, -0.05) is 6.07 Å². The molecule has 26 heavy (non-hydrogen) atoms. The van der Waals surface area contributed by atoms with E-state index in [0.717, 1.165) is 18.8 Å². The van der Waals surface area contributed by atoms with Crippen molar-refractivity contribution >= 4 is 23.5 Å². The highest BCUT2D eigenvalue weighted by atomic mass is 16.6. The summed E-state index contributed by atoms with van der Waals surface area (Å²) in [7, 11) is 0. The number of carbonyl (C=O) groups excluding carboxylic acids is 1. The normalized spacial score (nSPS) is 10.7. The van der Waals surface area contributed by atoms with Gasteiger partial charge in [-0.25, -0.2) is 5.43 Å². The van der Waals surface area contributed by atoms with Crippen LogP contribution >= 0.6 is 0 Å². The molecule has 0 radical (unpaired) electrons. The second kappa shape index (κ2) is 8.61. The number of hydrazone groups is 1. The summed E-state index contributed by atoms with van der Waals surface area (Å²) in [5.74, 6) is -0.535. The molecule has 0 aliphatic carbocycles. The Morgan fingerprint density at radius 3 is 2.62 bits per heavy atom. The molecule has 0 aromatic heterocycles. The number of non-ortho nitro benzene ring substituents is 1. The van der Waals surface area contributed by atoms with Gasteiger partial charge in [-0.15, -0.1) is 0 Å². The highest BCUT2D eigenvalue weighted by Crippen LogP contribution is 2.23. The van der Waals surface area contributed by atoms with Crippen LogP contribution in [-0.2, 0) is 0 Å². The fraction of sp³-hybridized carbons (Fsp3) is 0.222. The number of anilines is 1. The largest absolute Gasteiger partial charge is 0.507 e. The van der Waals surface area contributed by atoms with Crippen LogP contribution < -0.4 is 10.3 Å². The Morgan fingerprint density at radius 1 is 1.27 bits per heavy atom.